The second-order valence-electron chi connectivity index (χ2n) is 6.07. The van der Waals surface area contributed by atoms with Gasteiger partial charge in [-0.3, -0.25) is 4.79 Å². The lowest BCUT2D eigenvalue weighted by molar-refractivity contribution is -0.116. The van der Waals surface area contributed by atoms with Crippen LogP contribution in [0, 0.1) is 6.92 Å². The molecule has 0 fully saturated rings. The lowest BCUT2D eigenvalue weighted by Gasteiger charge is -2.14. The fraction of sp³-hybridized carbons (Fsp3) is 0.381. The Labute approximate surface area is 155 Å². The summed E-state index contributed by atoms with van der Waals surface area (Å²) in [4.78, 5) is 12.3. The molecule has 0 aliphatic carbocycles. The van der Waals surface area contributed by atoms with Crippen LogP contribution < -0.4 is 10.1 Å². The number of ether oxygens (including phenoxy) is 1. The minimum Gasteiger partial charge on any atom is -0.494 e. The molecule has 3 nitrogen and oxygen atoms in total. The number of amides is 1. The fourth-order valence-electron chi connectivity index (χ4n) is 2.73. The zero-order chi connectivity index (χ0) is 18.2. The van der Waals surface area contributed by atoms with E-state index in [9.17, 15) is 4.79 Å². The van der Waals surface area contributed by atoms with Crippen LogP contribution in [0.2, 0.25) is 5.02 Å². The van der Waals surface area contributed by atoms with E-state index in [0.717, 1.165) is 34.9 Å². The standard InChI is InChI=1S/C21H26ClNO2/c1-4-16-8-6-9-17(5-2)21(16)23-20(24)10-7-13-25-18-11-12-19(22)15(3)14-18/h6,8-9,11-12,14H,4-5,7,10,13H2,1-3H3,(H,23,24). The van der Waals surface area contributed by atoms with Crippen molar-refractivity contribution in [3.63, 3.8) is 0 Å². The molecule has 4 heteroatoms. The van der Waals surface area contributed by atoms with Crippen LogP contribution in [0.1, 0.15) is 43.4 Å². The van der Waals surface area contributed by atoms with Crippen LogP contribution in [-0.4, -0.2) is 12.5 Å². The highest BCUT2D eigenvalue weighted by Crippen LogP contribution is 2.23. The van der Waals surface area contributed by atoms with Crippen molar-refractivity contribution in [2.24, 2.45) is 0 Å². The second-order valence-corrected chi connectivity index (χ2v) is 6.48. The van der Waals surface area contributed by atoms with Crippen molar-refractivity contribution >= 4 is 23.2 Å². The maximum Gasteiger partial charge on any atom is 0.224 e. The third-order valence-corrected chi connectivity index (χ3v) is 4.63. The van der Waals surface area contributed by atoms with Gasteiger partial charge in [-0.1, -0.05) is 43.6 Å². The van der Waals surface area contributed by atoms with Gasteiger partial charge in [0.25, 0.3) is 0 Å². The number of para-hydroxylation sites is 1. The van der Waals surface area contributed by atoms with Crippen molar-refractivity contribution in [3.8, 4) is 5.75 Å². The van der Waals surface area contributed by atoms with E-state index in [1.54, 1.807) is 0 Å². The number of aryl methyl sites for hydroxylation is 3. The highest BCUT2D eigenvalue weighted by molar-refractivity contribution is 6.31. The number of carbonyl (C=O) groups excluding carboxylic acids is 1. The van der Waals surface area contributed by atoms with E-state index in [-0.39, 0.29) is 5.91 Å². The van der Waals surface area contributed by atoms with Gasteiger partial charge in [0.1, 0.15) is 5.75 Å². The Bertz CT molecular complexity index is 706. The molecular weight excluding hydrogens is 334 g/mol. The first-order chi connectivity index (χ1) is 12.0. The van der Waals surface area contributed by atoms with Crippen LogP contribution in [0.25, 0.3) is 0 Å². The number of rotatable bonds is 8. The highest BCUT2D eigenvalue weighted by Gasteiger charge is 2.10. The molecule has 0 bridgehead atoms. The van der Waals surface area contributed by atoms with Gasteiger partial charge in [-0.2, -0.15) is 0 Å². The molecule has 0 heterocycles. The molecule has 0 aliphatic rings. The summed E-state index contributed by atoms with van der Waals surface area (Å²) in [6.45, 7) is 6.66. The van der Waals surface area contributed by atoms with E-state index in [1.165, 1.54) is 11.1 Å². The summed E-state index contributed by atoms with van der Waals surface area (Å²) in [5.74, 6) is 0.818. The lowest BCUT2D eigenvalue weighted by atomic mass is 10.0. The normalized spacial score (nSPS) is 10.6. The second kappa shape index (κ2) is 9.47. The number of benzene rings is 2. The maximum atomic E-state index is 12.3. The van der Waals surface area contributed by atoms with Gasteiger partial charge in [-0.25, -0.2) is 0 Å². The first-order valence-electron chi connectivity index (χ1n) is 8.84. The average Bonchev–Trinajstić information content (AvgIpc) is 2.61. The quantitative estimate of drug-likeness (QED) is 0.625. The molecule has 134 valence electrons. The van der Waals surface area contributed by atoms with Gasteiger partial charge in [-0.15, -0.1) is 0 Å². The average molecular weight is 360 g/mol. The van der Waals surface area contributed by atoms with E-state index in [0.29, 0.717) is 19.4 Å². The molecule has 0 saturated heterocycles. The van der Waals surface area contributed by atoms with Crippen molar-refractivity contribution in [1.82, 2.24) is 0 Å². The van der Waals surface area contributed by atoms with Gasteiger partial charge in [0.05, 0.1) is 6.61 Å². The number of halogens is 1. The van der Waals surface area contributed by atoms with Crippen molar-refractivity contribution in [2.45, 2.75) is 46.5 Å². The number of nitrogens with one attached hydrogen (secondary N) is 1. The maximum absolute atomic E-state index is 12.3. The summed E-state index contributed by atoms with van der Waals surface area (Å²) in [7, 11) is 0. The first kappa shape index (κ1) is 19.3. The minimum absolute atomic E-state index is 0.0338. The zero-order valence-corrected chi connectivity index (χ0v) is 16.0. The van der Waals surface area contributed by atoms with Crippen molar-refractivity contribution in [2.75, 3.05) is 11.9 Å². The van der Waals surface area contributed by atoms with Crippen LogP contribution in [0.3, 0.4) is 0 Å². The zero-order valence-electron chi connectivity index (χ0n) is 15.2. The number of hydrogen-bond donors (Lipinski definition) is 1. The van der Waals surface area contributed by atoms with Gasteiger partial charge in [0.15, 0.2) is 0 Å². The van der Waals surface area contributed by atoms with Crippen molar-refractivity contribution in [1.29, 1.82) is 0 Å². The van der Waals surface area contributed by atoms with Gasteiger partial charge >= 0.3 is 0 Å². The Hall–Kier alpha value is -2.00. The van der Waals surface area contributed by atoms with E-state index < -0.39 is 0 Å². The van der Waals surface area contributed by atoms with E-state index >= 15 is 0 Å². The molecule has 25 heavy (non-hydrogen) atoms. The molecule has 0 saturated carbocycles. The van der Waals surface area contributed by atoms with Gasteiger partial charge in [0.2, 0.25) is 5.91 Å². The Balaban J connectivity index is 1.84. The smallest absolute Gasteiger partial charge is 0.224 e. The summed E-state index contributed by atoms with van der Waals surface area (Å²) in [6.07, 6.45) is 2.92. The monoisotopic (exact) mass is 359 g/mol. The van der Waals surface area contributed by atoms with Crippen LogP contribution in [0.5, 0.6) is 5.75 Å². The van der Waals surface area contributed by atoms with Gasteiger partial charge in [-0.05, 0) is 61.1 Å². The largest absolute Gasteiger partial charge is 0.494 e. The van der Waals surface area contributed by atoms with Crippen molar-refractivity contribution < 1.29 is 9.53 Å². The van der Waals surface area contributed by atoms with Crippen molar-refractivity contribution in [3.05, 3.63) is 58.1 Å². The third-order valence-electron chi connectivity index (χ3n) is 4.21. The summed E-state index contributed by atoms with van der Waals surface area (Å²) in [6, 6.07) is 11.8. The van der Waals surface area contributed by atoms with Crippen LogP contribution in [-0.2, 0) is 17.6 Å². The molecule has 1 amide bonds. The molecule has 0 atom stereocenters. The molecule has 0 unspecified atom stereocenters. The topological polar surface area (TPSA) is 38.3 Å². The van der Waals surface area contributed by atoms with Gasteiger partial charge in [0, 0.05) is 17.1 Å². The van der Waals surface area contributed by atoms with E-state index in [1.807, 2.05) is 25.1 Å². The fourth-order valence-corrected chi connectivity index (χ4v) is 2.85. The summed E-state index contributed by atoms with van der Waals surface area (Å²) < 4.78 is 5.69. The molecule has 2 aromatic rings. The predicted molar refractivity (Wildman–Crippen MR) is 105 cm³/mol. The summed E-state index contributed by atoms with van der Waals surface area (Å²) >= 11 is 6.00. The summed E-state index contributed by atoms with van der Waals surface area (Å²) in [5, 5.41) is 3.81. The molecule has 0 spiro atoms. The van der Waals surface area contributed by atoms with E-state index in [4.69, 9.17) is 16.3 Å². The SMILES string of the molecule is CCc1cccc(CC)c1NC(=O)CCCOc1ccc(Cl)c(C)c1. The van der Waals surface area contributed by atoms with E-state index in [2.05, 4.69) is 37.4 Å². The molecule has 2 aromatic carbocycles. The predicted octanol–water partition coefficient (Wildman–Crippen LogP) is 5.57. The molecule has 0 aliphatic heterocycles. The number of carbonyl (C=O) groups is 1. The molecule has 0 radical (unpaired) electrons. The number of hydrogen-bond acceptors (Lipinski definition) is 2. The van der Waals surface area contributed by atoms with Gasteiger partial charge < -0.3 is 10.1 Å². The van der Waals surface area contributed by atoms with Crippen LogP contribution in [0.15, 0.2) is 36.4 Å². The Morgan fingerprint density at radius 3 is 2.40 bits per heavy atom. The molecule has 0 aromatic heterocycles. The first-order valence-corrected chi connectivity index (χ1v) is 9.22. The third kappa shape index (κ3) is 5.50. The Morgan fingerprint density at radius 1 is 1.12 bits per heavy atom. The Morgan fingerprint density at radius 2 is 1.80 bits per heavy atom. The molecule has 2 rings (SSSR count). The Kier molecular flexibility index (Phi) is 7.32. The minimum atomic E-state index is 0.0338. The number of anilines is 1. The summed E-state index contributed by atoms with van der Waals surface area (Å²) in [5.41, 5.74) is 4.33. The lowest BCUT2D eigenvalue weighted by Crippen LogP contribution is -2.15. The highest BCUT2D eigenvalue weighted by atomic mass is 35.5. The van der Waals surface area contributed by atoms with Crippen LogP contribution >= 0.6 is 11.6 Å². The molecular formula is C21H26ClNO2. The molecule has 1 N–H and O–H groups in total. The van der Waals surface area contributed by atoms with Crippen LogP contribution in [0.4, 0.5) is 5.69 Å².